The van der Waals surface area contributed by atoms with Crippen molar-refractivity contribution in [2.45, 2.75) is 19.3 Å². The second-order valence-corrected chi connectivity index (χ2v) is 7.02. The summed E-state index contributed by atoms with van der Waals surface area (Å²) in [6, 6.07) is 22.9. The summed E-state index contributed by atoms with van der Waals surface area (Å²) in [6.07, 6.45) is -0.546. The average Bonchev–Trinajstić information content (AvgIpc) is 2.70. The van der Waals surface area contributed by atoms with Crippen LogP contribution in [-0.4, -0.2) is 11.7 Å². The van der Waals surface area contributed by atoms with Gasteiger partial charge in [-0.25, -0.2) is 0 Å². The third kappa shape index (κ3) is 5.72. The third-order valence-corrected chi connectivity index (χ3v) is 4.93. The molecule has 0 aliphatic rings. The predicted octanol–water partition coefficient (Wildman–Crippen LogP) is 5.40. The molecular formula is C22H21Cl2NO2. The van der Waals surface area contributed by atoms with E-state index in [1.54, 1.807) is 12.1 Å². The maximum atomic E-state index is 10.3. The molecule has 27 heavy (non-hydrogen) atoms. The maximum Gasteiger partial charge on any atom is 0.124 e. The van der Waals surface area contributed by atoms with Gasteiger partial charge in [0.15, 0.2) is 0 Å². The molecule has 0 spiro atoms. The molecule has 3 nitrogen and oxygen atoms in total. The van der Waals surface area contributed by atoms with Crippen LogP contribution >= 0.6 is 23.2 Å². The van der Waals surface area contributed by atoms with Crippen LogP contribution in [0.15, 0.2) is 72.8 Å². The van der Waals surface area contributed by atoms with E-state index in [9.17, 15) is 5.11 Å². The molecule has 2 N–H and O–H groups in total. The standard InChI is InChI=1S/C22H21Cl2NO2/c23-19-11-10-16(12-20(19)24)15-27-22-9-5-4-8-18(22)13-25-14-21(26)17-6-2-1-3-7-17/h1-12,21,25-26H,13-15H2. The molecule has 3 rings (SSSR count). The van der Waals surface area contributed by atoms with Crippen molar-refractivity contribution in [3.63, 3.8) is 0 Å². The number of nitrogens with one attached hydrogen (secondary N) is 1. The summed E-state index contributed by atoms with van der Waals surface area (Å²) < 4.78 is 5.96. The lowest BCUT2D eigenvalue weighted by Crippen LogP contribution is -2.21. The van der Waals surface area contributed by atoms with Crippen LogP contribution in [0.25, 0.3) is 0 Å². The summed E-state index contributed by atoms with van der Waals surface area (Å²) in [7, 11) is 0. The van der Waals surface area contributed by atoms with Gasteiger partial charge in [0.2, 0.25) is 0 Å². The molecule has 0 heterocycles. The highest BCUT2D eigenvalue weighted by atomic mass is 35.5. The van der Waals surface area contributed by atoms with Gasteiger partial charge in [-0.3, -0.25) is 0 Å². The van der Waals surface area contributed by atoms with E-state index in [-0.39, 0.29) is 0 Å². The second kappa shape index (κ2) is 9.77. The number of aliphatic hydroxyl groups excluding tert-OH is 1. The molecule has 3 aromatic rings. The molecule has 5 heteroatoms. The van der Waals surface area contributed by atoms with Crippen molar-refractivity contribution in [1.29, 1.82) is 0 Å². The van der Waals surface area contributed by atoms with Crippen LogP contribution in [-0.2, 0) is 13.2 Å². The van der Waals surface area contributed by atoms with Gasteiger partial charge in [-0.2, -0.15) is 0 Å². The molecule has 0 aliphatic heterocycles. The van der Waals surface area contributed by atoms with Gasteiger partial charge in [0.25, 0.3) is 0 Å². The molecule has 3 aromatic carbocycles. The number of rotatable bonds is 8. The summed E-state index contributed by atoms with van der Waals surface area (Å²) >= 11 is 12.0. The Balaban J connectivity index is 1.56. The molecule has 1 atom stereocenters. The average molecular weight is 402 g/mol. The Hall–Kier alpha value is -2.04. The number of halogens is 2. The Kier molecular flexibility index (Phi) is 7.13. The lowest BCUT2D eigenvalue weighted by Gasteiger charge is -2.15. The minimum atomic E-state index is -0.546. The molecular weight excluding hydrogens is 381 g/mol. The van der Waals surface area contributed by atoms with Gasteiger partial charge < -0.3 is 15.2 Å². The number of hydrogen-bond acceptors (Lipinski definition) is 3. The lowest BCUT2D eigenvalue weighted by atomic mass is 10.1. The van der Waals surface area contributed by atoms with Crippen molar-refractivity contribution in [3.8, 4) is 5.75 Å². The molecule has 0 aliphatic carbocycles. The monoisotopic (exact) mass is 401 g/mol. The zero-order valence-corrected chi connectivity index (χ0v) is 16.3. The molecule has 0 amide bonds. The Morgan fingerprint density at radius 2 is 1.63 bits per heavy atom. The Labute approximate surface area is 169 Å². The van der Waals surface area contributed by atoms with E-state index in [2.05, 4.69) is 5.32 Å². The first-order chi connectivity index (χ1) is 13.1. The van der Waals surface area contributed by atoms with E-state index in [4.69, 9.17) is 27.9 Å². The highest BCUT2D eigenvalue weighted by Gasteiger charge is 2.08. The Bertz CT molecular complexity index is 871. The van der Waals surface area contributed by atoms with Crippen molar-refractivity contribution in [2.75, 3.05) is 6.54 Å². The van der Waals surface area contributed by atoms with E-state index in [0.717, 1.165) is 22.4 Å². The van der Waals surface area contributed by atoms with Crippen LogP contribution in [0.2, 0.25) is 10.0 Å². The van der Waals surface area contributed by atoms with Crippen LogP contribution in [0.5, 0.6) is 5.75 Å². The van der Waals surface area contributed by atoms with Crippen molar-refractivity contribution in [2.24, 2.45) is 0 Å². The minimum Gasteiger partial charge on any atom is -0.489 e. The van der Waals surface area contributed by atoms with Gasteiger partial charge in [-0.15, -0.1) is 0 Å². The second-order valence-electron chi connectivity index (χ2n) is 6.20. The number of benzene rings is 3. The topological polar surface area (TPSA) is 41.5 Å². The van der Waals surface area contributed by atoms with E-state index >= 15 is 0 Å². The van der Waals surface area contributed by atoms with Gasteiger partial charge in [0.1, 0.15) is 12.4 Å². The lowest BCUT2D eigenvalue weighted by molar-refractivity contribution is 0.174. The zero-order chi connectivity index (χ0) is 19.1. The van der Waals surface area contributed by atoms with E-state index in [0.29, 0.717) is 29.7 Å². The normalized spacial score (nSPS) is 12.0. The summed E-state index contributed by atoms with van der Waals surface area (Å²) in [5, 5.41) is 14.6. The summed E-state index contributed by atoms with van der Waals surface area (Å²) in [6.45, 7) is 1.47. The summed E-state index contributed by atoms with van der Waals surface area (Å²) in [5.41, 5.74) is 2.87. The Morgan fingerprint density at radius 3 is 2.41 bits per heavy atom. The van der Waals surface area contributed by atoms with Crippen molar-refractivity contribution in [3.05, 3.63) is 99.5 Å². The first-order valence-electron chi connectivity index (χ1n) is 8.72. The SMILES string of the molecule is OC(CNCc1ccccc1OCc1ccc(Cl)c(Cl)c1)c1ccccc1. The van der Waals surface area contributed by atoms with E-state index < -0.39 is 6.10 Å². The molecule has 0 saturated carbocycles. The van der Waals surface area contributed by atoms with Gasteiger partial charge in [0, 0.05) is 18.7 Å². The van der Waals surface area contributed by atoms with E-state index in [1.807, 2.05) is 60.7 Å². The fourth-order valence-electron chi connectivity index (χ4n) is 2.72. The summed E-state index contributed by atoms with van der Waals surface area (Å²) in [5.74, 6) is 0.797. The quantitative estimate of drug-likeness (QED) is 0.531. The van der Waals surface area contributed by atoms with Crippen molar-refractivity contribution in [1.82, 2.24) is 5.32 Å². The molecule has 140 valence electrons. The first kappa shape index (κ1) is 19.7. The molecule has 0 aromatic heterocycles. The fraction of sp³-hybridized carbons (Fsp3) is 0.182. The number of para-hydroxylation sites is 1. The highest BCUT2D eigenvalue weighted by molar-refractivity contribution is 6.42. The molecule has 1 unspecified atom stereocenters. The van der Waals surface area contributed by atoms with Crippen LogP contribution < -0.4 is 10.1 Å². The van der Waals surface area contributed by atoms with Crippen LogP contribution in [0.4, 0.5) is 0 Å². The van der Waals surface area contributed by atoms with Gasteiger partial charge >= 0.3 is 0 Å². The van der Waals surface area contributed by atoms with Crippen LogP contribution in [0.1, 0.15) is 22.8 Å². The van der Waals surface area contributed by atoms with Gasteiger partial charge in [-0.1, -0.05) is 77.8 Å². The highest BCUT2D eigenvalue weighted by Crippen LogP contribution is 2.24. The van der Waals surface area contributed by atoms with Crippen LogP contribution in [0.3, 0.4) is 0 Å². The fourth-order valence-corrected chi connectivity index (χ4v) is 3.04. The smallest absolute Gasteiger partial charge is 0.124 e. The summed E-state index contributed by atoms with van der Waals surface area (Å²) in [4.78, 5) is 0. The van der Waals surface area contributed by atoms with E-state index in [1.165, 1.54) is 0 Å². The maximum absolute atomic E-state index is 10.3. The molecule has 0 bridgehead atoms. The molecule has 0 saturated heterocycles. The van der Waals surface area contributed by atoms with Gasteiger partial charge in [-0.05, 0) is 29.3 Å². The minimum absolute atomic E-state index is 0.403. The third-order valence-electron chi connectivity index (χ3n) is 4.19. The van der Waals surface area contributed by atoms with Crippen molar-refractivity contribution >= 4 is 23.2 Å². The number of aliphatic hydroxyl groups is 1. The number of ether oxygens (including phenoxy) is 1. The predicted molar refractivity (Wildman–Crippen MR) is 110 cm³/mol. The van der Waals surface area contributed by atoms with Gasteiger partial charge in [0.05, 0.1) is 16.1 Å². The van der Waals surface area contributed by atoms with Crippen molar-refractivity contribution < 1.29 is 9.84 Å². The van der Waals surface area contributed by atoms with Crippen LogP contribution in [0, 0.1) is 0 Å². The largest absolute Gasteiger partial charge is 0.489 e. The Morgan fingerprint density at radius 1 is 0.889 bits per heavy atom. The zero-order valence-electron chi connectivity index (χ0n) is 14.7. The molecule has 0 fully saturated rings. The first-order valence-corrected chi connectivity index (χ1v) is 9.47. The number of hydrogen-bond donors (Lipinski definition) is 2. The molecule has 0 radical (unpaired) electrons.